The van der Waals surface area contributed by atoms with E-state index in [2.05, 4.69) is 0 Å². The van der Waals surface area contributed by atoms with E-state index in [1.54, 1.807) is 25.1 Å². The molecule has 0 amide bonds. The van der Waals surface area contributed by atoms with Crippen LogP contribution in [0.1, 0.15) is 32.6 Å². The predicted octanol–water partition coefficient (Wildman–Crippen LogP) is 2.22. The van der Waals surface area contributed by atoms with Crippen molar-refractivity contribution in [2.24, 2.45) is 0 Å². The largest absolute Gasteiger partial charge is 0.388 e. The van der Waals surface area contributed by atoms with Crippen molar-refractivity contribution in [2.75, 3.05) is 24.2 Å². The van der Waals surface area contributed by atoms with E-state index in [1.807, 2.05) is 18.0 Å². The Bertz CT molecular complexity index is 562. The van der Waals surface area contributed by atoms with Gasteiger partial charge in [-0.2, -0.15) is 0 Å². The number of sulfone groups is 1. The summed E-state index contributed by atoms with van der Waals surface area (Å²) in [4.78, 5) is 2.22. The SMILES string of the molecule is CCS(=O)(=O)c1ccccc1N(C)CC1(O)CCCC1. The van der Waals surface area contributed by atoms with Crippen molar-refractivity contribution < 1.29 is 13.5 Å². The predicted molar refractivity (Wildman–Crippen MR) is 80.9 cm³/mol. The van der Waals surface area contributed by atoms with Gasteiger partial charge in [-0.1, -0.05) is 31.9 Å². The molecule has 0 bridgehead atoms. The minimum Gasteiger partial charge on any atom is -0.388 e. The van der Waals surface area contributed by atoms with Gasteiger partial charge in [-0.05, 0) is 25.0 Å². The normalized spacial score (nSPS) is 18.1. The van der Waals surface area contributed by atoms with Crippen LogP contribution < -0.4 is 4.90 Å². The van der Waals surface area contributed by atoms with Gasteiger partial charge in [-0.15, -0.1) is 0 Å². The molecule has 1 aliphatic carbocycles. The third-order valence-electron chi connectivity index (χ3n) is 4.06. The molecule has 0 atom stereocenters. The van der Waals surface area contributed by atoms with Crippen molar-refractivity contribution in [3.63, 3.8) is 0 Å². The second-order valence-electron chi connectivity index (χ2n) is 5.66. The van der Waals surface area contributed by atoms with Crippen LogP contribution in [0.15, 0.2) is 29.2 Å². The number of hydrogen-bond donors (Lipinski definition) is 1. The lowest BCUT2D eigenvalue weighted by Gasteiger charge is -2.31. The van der Waals surface area contributed by atoms with Gasteiger partial charge >= 0.3 is 0 Å². The number of para-hydroxylation sites is 1. The maximum atomic E-state index is 12.2. The maximum Gasteiger partial charge on any atom is 0.180 e. The number of nitrogens with zero attached hydrogens (tertiary/aromatic N) is 1. The second kappa shape index (κ2) is 5.74. The van der Waals surface area contributed by atoms with E-state index in [4.69, 9.17) is 0 Å². The summed E-state index contributed by atoms with van der Waals surface area (Å²) < 4.78 is 24.3. The van der Waals surface area contributed by atoms with Crippen molar-refractivity contribution in [2.45, 2.75) is 43.1 Å². The smallest absolute Gasteiger partial charge is 0.180 e. The zero-order valence-electron chi connectivity index (χ0n) is 12.2. The van der Waals surface area contributed by atoms with Crippen LogP contribution in [0.25, 0.3) is 0 Å². The molecular weight excluding hydrogens is 274 g/mol. The Labute approximate surface area is 121 Å². The van der Waals surface area contributed by atoms with E-state index >= 15 is 0 Å². The van der Waals surface area contributed by atoms with E-state index in [1.165, 1.54) is 0 Å². The van der Waals surface area contributed by atoms with Crippen LogP contribution in [-0.2, 0) is 9.84 Å². The number of likely N-dealkylation sites (N-methyl/N-ethyl adjacent to an activating group) is 1. The fraction of sp³-hybridized carbons (Fsp3) is 0.600. The van der Waals surface area contributed by atoms with E-state index in [0.717, 1.165) is 25.7 Å². The molecule has 112 valence electrons. The van der Waals surface area contributed by atoms with Crippen LogP contribution in [0.4, 0.5) is 5.69 Å². The van der Waals surface area contributed by atoms with Gasteiger partial charge in [0.15, 0.2) is 9.84 Å². The molecule has 0 aliphatic heterocycles. The summed E-state index contributed by atoms with van der Waals surface area (Å²) in [5.74, 6) is 0.0854. The van der Waals surface area contributed by atoms with E-state index in [0.29, 0.717) is 17.1 Å². The first-order chi connectivity index (χ1) is 9.38. The molecule has 0 unspecified atom stereocenters. The third kappa shape index (κ3) is 3.15. The fourth-order valence-corrected chi connectivity index (χ4v) is 4.05. The van der Waals surface area contributed by atoms with Crippen molar-refractivity contribution in [1.29, 1.82) is 0 Å². The minimum atomic E-state index is -3.25. The Morgan fingerprint density at radius 3 is 2.45 bits per heavy atom. The molecular formula is C15H23NO3S. The summed E-state index contributed by atoms with van der Waals surface area (Å²) in [6.07, 6.45) is 3.67. The van der Waals surface area contributed by atoms with Crippen LogP contribution in [0.2, 0.25) is 0 Å². The standard InChI is InChI=1S/C15H23NO3S/c1-3-20(18,19)14-9-5-4-8-13(14)16(2)12-15(17)10-6-7-11-15/h4-5,8-9,17H,3,6-7,10-12H2,1-2H3. The molecule has 1 aromatic carbocycles. The molecule has 0 heterocycles. The van der Waals surface area contributed by atoms with Crippen LogP contribution >= 0.6 is 0 Å². The molecule has 1 fully saturated rings. The second-order valence-corrected chi connectivity index (χ2v) is 7.91. The first-order valence-electron chi connectivity index (χ1n) is 7.13. The third-order valence-corrected chi connectivity index (χ3v) is 5.83. The first kappa shape index (κ1) is 15.3. The lowest BCUT2D eigenvalue weighted by atomic mass is 10.0. The van der Waals surface area contributed by atoms with Gasteiger partial charge < -0.3 is 10.0 Å². The summed E-state index contributed by atoms with van der Waals surface area (Å²) in [5, 5.41) is 10.5. The maximum absolute atomic E-state index is 12.2. The molecule has 0 aromatic heterocycles. The molecule has 0 spiro atoms. The van der Waals surface area contributed by atoms with Crippen LogP contribution in [-0.4, -0.2) is 38.5 Å². The fourth-order valence-electron chi connectivity index (χ4n) is 2.91. The quantitative estimate of drug-likeness (QED) is 0.905. The molecule has 4 nitrogen and oxygen atoms in total. The highest BCUT2D eigenvalue weighted by molar-refractivity contribution is 7.91. The molecule has 1 saturated carbocycles. The monoisotopic (exact) mass is 297 g/mol. The van der Waals surface area contributed by atoms with Gasteiger partial charge in [0.2, 0.25) is 0 Å². The summed E-state index contributed by atoms with van der Waals surface area (Å²) in [6, 6.07) is 7.02. The lowest BCUT2D eigenvalue weighted by molar-refractivity contribution is 0.0558. The number of anilines is 1. The van der Waals surface area contributed by atoms with Gasteiger partial charge in [0.1, 0.15) is 0 Å². The van der Waals surface area contributed by atoms with Crippen molar-refractivity contribution in [3.8, 4) is 0 Å². The van der Waals surface area contributed by atoms with Crippen LogP contribution in [0.3, 0.4) is 0 Å². The average Bonchev–Trinajstić information content (AvgIpc) is 2.85. The Morgan fingerprint density at radius 1 is 1.25 bits per heavy atom. The van der Waals surface area contributed by atoms with Gasteiger partial charge in [0.05, 0.1) is 21.9 Å². The van der Waals surface area contributed by atoms with E-state index in [-0.39, 0.29) is 5.75 Å². The zero-order chi connectivity index (χ0) is 14.8. The summed E-state index contributed by atoms with van der Waals surface area (Å²) in [6.45, 7) is 2.12. The van der Waals surface area contributed by atoms with Gasteiger partial charge in [-0.3, -0.25) is 0 Å². The van der Waals surface area contributed by atoms with Crippen molar-refractivity contribution in [3.05, 3.63) is 24.3 Å². The van der Waals surface area contributed by atoms with Crippen LogP contribution in [0.5, 0.6) is 0 Å². The molecule has 0 radical (unpaired) electrons. The van der Waals surface area contributed by atoms with Crippen LogP contribution in [0, 0.1) is 0 Å². The molecule has 20 heavy (non-hydrogen) atoms. The average molecular weight is 297 g/mol. The summed E-state index contributed by atoms with van der Waals surface area (Å²) in [5.41, 5.74) is -0.00708. The summed E-state index contributed by atoms with van der Waals surface area (Å²) in [7, 11) is -1.40. The first-order valence-corrected chi connectivity index (χ1v) is 8.78. The molecule has 2 rings (SSSR count). The molecule has 5 heteroatoms. The number of rotatable bonds is 5. The summed E-state index contributed by atoms with van der Waals surface area (Å²) >= 11 is 0. The Balaban J connectivity index is 2.28. The minimum absolute atomic E-state index is 0.0854. The Hall–Kier alpha value is -1.07. The van der Waals surface area contributed by atoms with Crippen molar-refractivity contribution in [1.82, 2.24) is 0 Å². The zero-order valence-corrected chi connectivity index (χ0v) is 13.0. The highest BCUT2D eigenvalue weighted by Crippen LogP contribution is 2.33. The highest BCUT2D eigenvalue weighted by atomic mass is 32.2. The Morgan fingerprint density at radius 2 is 1.85 bits per heavy atom. The van der Waals surface area contributed by atoms with Gasteiger partial charge in [-0.25, -0.2) is 8.42 Å². The number of hydrogen-bond acceptors (Lipinski definition) is 4. The van der Waals surface area contributed by atoms with Gasteiger partial charge in [0.25, 0.3) is 0 Å². The highest BCUT2D eigenvalue weighted by Gasteiger charge is 2.33. The molecule has 1 N–H and O–H groups in total. The Kier molecular flexibility index (Phi) is 4.39. The number of aliphatic hydroxyl groups is 1. The van der Waals surface area contributed by atoms with E-state index in [9.17, 15) is 13.5 Å². The molecule has 1 aliphatic rings. The number of benzene rings is 1. The van der Waals surface area contributed by atoms with E-state index < -0.39 is 15.4 Å². The van der Waals surface area contributed by atoms with Gasteiger partial charge in [0, 0.05) is 13.6 Å². The topological polar surface area (TPSA) is 57.6 Å². The molecule has 1 aromatic rings. The lowest BCUT2D eigenvalue weighted by Crippen LogP contribution is -2.39. The van der Waals surface area contributed by atoms with Crippen molar-refractivity contribution >= 4 is 15.5 Å². The molecule has 0 saturated heterocycles.